The van der Waals surface area contributed by atoms with E-state index in [2.05, 4.69) is 23.8 Å². The molecule has 0 aliphatic heterocycles. The van der Waals surface area contributed by atoms with Crippen molar-refractivity contribution in [3.63, 3.8) is 0 Å². The standard InChI is InChI=1S/C20H27N3O2S2/c1-3-8-23(10-13-5-6-13)16(24)11-26-20-21-18(25)17-14-7-4-12(2)9-15(14)27-19(17)22-20/h12-13H,3-11H2,1-2H3,(H,21,22,25)/t12-/m1/s1. The molecule has 0 spiro atoms. The summed E-state index contributed by atoms with van der Waals surface area (Å²) in [6, 6.07) is 0. The van der Waals surface area contributed by atoms with Gasteiger partial charge in [0.15, 0.2) is 5.16 Å². The van der Waals surface area contributed by atoms with Gasteiger partial charge in [-0.25, -0.2) is 4.98 Å². The minimum Gasteiger partial charge on any atom is -0.342 e. The molecule has 7 heteroatoms. The number of nitrogens with one attached hydrogen (secondary N) is 1. The molecule has 1 amide bonds. The number of thioether (sulfide) groups is 1. The number of fused-ring (bicyclic) bond motifs is 3. The molecule has 2 heterocycles. The van der Waals surface area contributed by atoms with E-state index < -0.39 is 0 Å². The highest BCUT2D eigenvalue weighted by Gasteiger charge is 2.27. The average molecular weight is 406 g/mol. The Bertz CT molecular complexity index is 900. The maximum atomic E-state index is 12.7. The molecule has 1 N–H and O–H groups in total. The first-order valence-corrected chi connectivity index (χ1v) is 11.8. The fraction of sp³-hybridized carbons (Fsp3) is 0.650. The van der Waals surface area contributed by atoms with E-state index in [1.165, 1.54) is 35.0 Å². The lowest BCUT2D eigenvalue weighted by Crippen LogP contribution is -2.35. The number of rotatable bonds is 7. The molecule has 0 bridgehead atoms. The zero-order valence-corrected chi connectivity index (χ0v) is 17.7. The van der Waals surface area contributed by atoms with Gasteiger partial charge in [-0.3, -0.25) is 9.59 Å². The van der Waals surface area contributed by atoms with E-state index in [0.717, 1.165) is 49.0 Å². The van der Waals surface area contributed by atoms with Crippen LogP contribution in [0.3, 0.4) is 0 Å². The van der Waals surface area contributed by atoms with Crippen LogP contribution < -0.4 is 5.56 Å². The van der Waals surface area contributed by atoms with Gasteiger partial charge in [0.1, 0.15) is 4.83 Å². The summed E-state index contributed by atoms with van der Waals surface area (Å²) in [4.78, 5) is 37.0. The van der Waals surface area contributed by atoms with Gasteiger partial charge in [-0.15, -0.1) is 11.3 Å². The Morgan fingerprint density at radius 2 is 2.19 bits per heavy atom. The van der Waals surface area contributed by atoms with Crippen molar-refractivity contribution < 1.29 is 4.79 Å². The Morgan fingerprint density at radius 3 is 2.93 bits per heavy atom. The fourth-order valence-corrected chi connectivity index (χ4v) is 6.02. The molecule has 2 aliphatic rings. The van der Waals surface area contributed by atoms with E-state index in [1.807, 2.05) is 4.90 Å². The van der Waals surface area contributed by atoms with Crippen molar-refractivity contribution in [2.75, 3.05) is 18.8 Å². The molecule has 0 aromatic carbocycles. The van der Waals surface area contributed by atoms with Crippen molar-refractivity contribution in [1.29, 1.82) is 0 Å². The molecule has 0 unspecified atom stereocenters. The van der Waals surface area contributed by atoms with Crippen LogP contribution in [0.4, 0.5) is 0 Å². The zero-order chi connectivity index (χ0) is 19.0. The summed E-state index contributed by atoms with van der Waals surface area (Å²) in [7, 11) is 0. The van der Waals surface area contributed by atoms with Gasteiger partial charge in [0, 0.05) is 18.0 Å². The van der Waals surface area contributed by atoms with Crippen LogP contribution in [0.15, 0.2) is 9.95 Å². The van der Waals surface area contributed by atoms with Crippen LogP contribution in [0.1, 0.15) is 50.0 Å². The summed E-state index contributed by atoms with van der Waals surface area (Å²) >= 11 is 3.01. The monoisotopic (exact) mass is 405 g/mol. The van der Waals surface area contributed by atoms with Gasteiger partial charge in [-0.1, -0.05) is 25.6 Å². The number of nitrogens with zero attached hydrogens (tertiary/aromatic N) is 2. The maximum absolute atomic E-state index is 12.7. The third-order valence-corrected chi connectivity index (χ3v) is 7.50. The van der Waals surface area contributed by atoms with Gasteiger partial charge in [0.25, 0.3) is 5.56 Å². The van der Waals surface area contributed by atoms with Crippen LogP contribution in [0, 0.1) is 11.8 Å². The van der Waals surface area contributed by atoms with Gasteiger partial charge < -0.3 is 9.88 Å². The predicted molar refractivity (Wildman–Crippen MR) is 112 cm³/mol. The number of aromatic amines is 1. The number of hydrogen-bond acceptors (Lipinski definition) is 5. The second-order valence-corrected chi connectivity index (χ2v) is 10.0. The summed E-state index contributed by atoms with van der Waals surface area (Å²) in [5.74, 6) is 1.85. The SMILES string of the molecule is CCCN(CC1CC1)C(=O)CSc1nc2sc3c(c2c(=O)[nH]1)CC[C@@H](C)C3. The van der Waals surface area contributed by atoms with Crippen molar-refractivity contribution in [1.82, 2.24) is 14.9 Å². The molecule has 1 saturated carbocycles. The number of carbonyl (C=O) groups is 1. The molecule has 4 rings (SSSR count). The van der Waals surface area contributed by atoms with Crippen molar-refractivity contribution >= 4 is 39.2 Å². The van der Waals surface area contributed by atoms with Crippen LogP contribution in [-0.2, 0) is 17.6 Å². The summed E-state index contributed by atoms with van der Waals surface area (Å²) in [5, 5.41) is 1.34. The minimum absolute atomic E-state index is 0.0506. The zero-order valence-electron chi connectivity index (χ0n) is 16.0. The highest BCUT2D eigenvalue weighted by Crippen LogP contribution is 2.36. The molecule has 5 nitrogen and oxygen atoms in total. The van der Waals surface area contributed by atoms with Crippen molar-refractivity contribution in [2.24, 2.45) is 11.8 Å². The van der Waals surface area contributed by atoms with Gasteiger partial charge in [-0.05, 0) is 55.9 Å². The number of hydrogen-bond donors (Lipinski definition) is 1. The molecular formula is C20H27N3O2S2. The number of carbonyl (C=O) groups excluding carboxylic acids is 1. The quantitative estimate of drug-likeness (QED) is 0.561. The number of amides is 1. The van der Waals surface area contributed by atoms with Crippen LogP contribution in [0.2, 0.25) is 0 Å². The molecule has 0 saturated heterocycles. The summed E-state index contributed by atoms with van der Waals surface area (Å²) < 4.78 is 0. The van der Waals surface area contributed by atoms with Gasteiger partial charge in [0.05, 0.1) is 11.1 Å². The number of thiophene rings is 1. The normalized spacial score (nSPS) is 19.3. The number of aryl methyl sites for hydroxylation is 1. The van der Waals surface area contributed by atoms with Crippen molar-refractivity contribution in [3.8, 4) is 0 Å². The van der Waals surface area contributed by atoms with Crippen LogP contribution in [0.5, 0.6) is 0 Å². The Balaban J connectivity index is 1.49. The summed E-state index contributed by atoms with van der Waals surface area (Å²) in [5.41, 5.74) is 1.15. The second-order valence-electron chi connectivity index (χ2n) is 7.97. The van der Waals surface area contributed by atoms with Gasteiger partial charge in [-0.2, -0.15) is 0 Å². The number of aromatic nitrogens is 2. The molecule has 0 radical (unpaired) electrons. The van der Waals surface area contributed by atoms with Gasteiger partial charge in [0.2, 0.25) is 5.91 Å². The molecule has 2 aromatic rings. The molecule has 1 fully saturated rings. The lowest BCUT2D eigenvalue weighted by molar-refractivity contribution is -0.128. The third kappa shape index (κ3) is 4.24. The summed E-state index contributed by atoms with van der Waals surface area (Å²) in [6.45, 7) is 6.06. The van der Waals surface area contributed by atoms with Crippen molar-refractivity contribution in [2.45, 2.75) is 57.5 Å². The van der Waals surface area contributed by atoms with Gasteiger partial charge >= 0.3 is 0 Å². The minimum atomic E-state index is -0.0506. The smallest absolute Gasteiger partial charge is 0.260 e. The topological polar surface area (TPSA) is 66.1 Å². The molecule has 27 heavy (non-hydrogen) atoms. The fourth-order valence-electron chi connectivity index (χ4n) is 3.82. The molecular weight excluding hydrogens is 378 g/mol. The largest absolute Gasteiger partial charge is 0.342 e. The first-order valence-electron chi connectivity index (χ1n) is 10.00. The maximum Gasteiger partial charge on any atom is 0.260 e. The van der Waals surface area contributed by atoms with E-state index in [0.29, 0.717) is 22.7 Å². The van der Waals surface area contributed by atoms with Crippen LogP contribution in [-0.4, -0.2) is 39.6 Å². The average Bonchev–Trinajstić information content (AvgIpc) is 3.37. The Morgan fingerprint density at radius 1 is 1.37 bits per heavy atom. The van der Waals surface area contributed by atoms with E-state index >= 15 is 0 Å². The van der Waals surface area contributed by atoms with E-state index in [9.17, 15) is 9.59 Å². The highest BCUT2D eigenvalue weighted by molar-refractivity contribution is 7.99. The lowest BCUT2D eigenvalue weighted by Gasteiger charge is -2.21. The van der Waals surface area contributed by atoms with Crippen molar-refractivity contribution in [3.05, 3.63) is 20.8 Å². The lowest BCUT2D eigenvalue weighted by atomic mass is 9.89. The highest BCUT2D eigenvalue weighted by atomic mass is 32.2. The first kappa shape index (κ1) is 19.0. The second kappa shape index (κ2) is 7.95. The van der Waals surface area contributed by atoms with E-state index in [4.69, 9.17) is 0 Å². The molecule has 1 atom stereocenters. The van der Waals surface area contributed by atoms with E-state index in [-0.39, 0.29) is 11.5 Å². The Labute approximate surface area is 167 Å². The van der Waals surface area contributed by atoms with Crippen LogP contribution >= 0.6 is 23.1 Å². The van der Waals surface area contributed by atoms with E-state index in [1.54, 1.807) is 11.3 Å². The Hall–Kier alpha value is -1.34. The number of H-pyrrole nitrogens is 1. The summed E-state index contributed by atoms with van der Waals surface area (Å²) in [6.07, 6.45) is 6.62. The predicted octanol–water partition coefficient (Wildman–Crippen LogP) is 3.85. The van der Waals surface area contributed by atoms with Crippen LogP contribution in [0.25, 0.3) is 10.2 Å². The molecule has 2 aromatic heterocycles. The Kier molecular flexibility index (Phi) is 5.60. The molecule has 2 aliphatic carbocycles. The molecule has 146 valence electrons. The first-order chi connectivity index (χ1) is 13.0. The third-order valence-electron chi connectivity index (χ3n) is 5.50.